The van der Waals surface area contributed by atoms with Crippen LogP contribution in [0.15, 0.2) is 57.7 Å². The third kappa shape index (κ3) is 7.56. The summed E-state index contributed by atoms with van der Waals surface area (Å²) in [5, 5.41) is 71.7. The number of aromatic hydroxyl groups is 1. The molecule has 0 unspecified atom stereocenters. The lowest BCUT2D eigenvalue weighted by atomic mass is 9.79. The first kappa shape index (κ1) is 37.4. The number of ether oxygens (including phenoxy) is 4. The first-order valence-electron chi connectivity index (χ1n) is 17.8. The Labute approximate surface area is 308 Å². The molecule has 1 saturated carbocycles. The van der Waals surface area contributed by atoms with Crippen LogP contribution in [0.25, 0.3) is 22.3 Å². The van der Waals surface area contributed by atoms with Crippen molar-refractivity contribution < 1.29 is 58.8 Å². The number of carbonyl (C=O) groups is 1. The van der Waals surface area contributed by atoms with E-state index >= 15 is 0 Å². The summed E-state index contributed by atoms with van der Waals surface area (Å²) >= 11 is 0. The molecule has 2 saturated heterocycles. The number of anilines is 1. The summed E-state index contributed by atoms with van der Waals surface area (Å²) in [4.78, 5) is 28.8. The van der Waals surface area contributed by atoms with E-state index in [2.05, 4.69) is 15.6 Å². The number of carboxylic acids is 1. The largest absolute Gasteiger partial charge is 0.504 e. The van der Waals surface area contributed by atoms with Gasteiger partial charge in [0.2, 0.25) is 12.0 Å². The van der Waals surface area contributed by atoms with Gasteiger partial charge in [-0.05, 0) is 68.5 Å². The molecule has 290 valence electrons. The Morgan fingerprint density at radius 3 is 2.48 bits per heavy atom. The van der Waals surface area contributed by atoms with Gasteiger partial charge in [-0.15, -0.1) is 0 Å². The Hall–Kier alpha value is -4.88. The highest BCUT2D eigenvalue weighted by Crippen LogP contribution is 2.46. The van der Waals surface area contributed by atoms with Crippen molar-refractivity contribution in [3.8, 4) is 34.3 Å². The number of benzene rings is 2. The molecule has 3 fully saturated rings. The fourth-order valence-electron chi connectivity index (χ4n) is 7.29. The number of aromatic amines is 1. The maximum Gasteiger partial charge on any atom is 0.336 e. The highest BCUT2D eigenvalue weighted by Gasteiger charge is 2.59. The minimum Gasteiger partial charge on any atom is -0.504 e. The molecule has 11 N–H and O–H groups in total. The number of nitrogens with two attached hydrogens (primary N) is 1. The first-order valence-corrected chi connectivity index (χ1v) is 17.8. The molecule has 3 aliphatic rings. The molecule has 4 aromatic rings. The number of hydrogen-bond donors (Lipinski definition) is 10. The van der Waals surface area contributed by atoms with Crippen LogP contribution in [0, 0.1) is 0 Å². The number of aliphatic hydroxyl groups is 4. The van der Waals surface area contributed by atoms with E-state index in [1.54, 1.807) is 36.4 Å². The molecule has 17 heteroatoms. The zero-order valence-electron chi connectivity index (χ0n) is 29.1. The third-order valence-corrected chi connectivity index (χ3v) is 10.2. The Morgan fingerprint density at radius 1 is 1.06 bits per heavy atom. The fourth-order valence-corrected chi connectivity index (χ4v) is 7.29. The van der Waals surface area contributed by atoms with Crippen LogP contribution < -0.4 is 36.0 Å². The fraction of sp³-hybridized carbons (Fsp3) is 0.459. The summed E-state index contributed by atoms with van der Waals surface area (Å²) in [7, 11) is 0. The Morgan fingerprint density at radius 2 is 1.81 bits per heavy atom. The number of aliphatic carboxylic acids is 1. The van der Waals surface area contributed by atoms with E-state index in [1.807, 2.05) is 0 Å². The van der Waals surface area contributed by atoms with E-state index in [0.29, 0.717) is 48.9 Å². The van der Waals surface area contributed by atoms with Gasteiger partial charge >= 0.3 is 5.97 Å². The summed E-state index contributed by atoms with van der Waals surface area (Å²) in [6, 6.07) is 11.8. The normalized spacial score (nSPS) is 26.8. The van der Waals surface area contributed by atoms with Crippen LogP contribution in [0.5, 0.6) is 23.0 Å². The van der Waals surface area contributed by atoms with Gasteiger partial charge in [0.15, 0.2) is 23.0 Å². The van der Waals surface area contributed by atoms with Crippen molar-refractivity contribution in [1.29, 1.82) is 0 Å². The van der Waals surface area contributed by atoms with Gasteiger partial charge in [0, 0.05) is 42.6 Å². The molecule has 7 atom stereocenters. The average molecular weight is 753 g/mol. The van der Waals surface area contributed by atoms with Crippen LogP contribution >= 0.6 is 0 Å². The van der Waals surface area contributed by atoms with Crippen molar-refractivity contribution >= 4 is 22.8 Å². The number of phenols is 1. The lowest BCUT2D eigenvalue weighted by Crippen LogP contribution is -2.70. The lowest BCUT2D eigenvalue weighted by Gasteiger charge is -2.47. The van der Waals surface area contributed by atoms with Gasteiger partial charge in [-0.1, -0.05) is 6.42 Å². The van der Waals surface area contributed by atoms with Crippen molar-refractivity contribution in [3.05, 3.63) is 64.4 Å². The molecule has 0 radical (unpaired) electrons. The molecule has 2 aromatic heterocycles. The second-order valence-electron chi connectivity index (χ2n) is 14.0. The van der Waals surface area contributed by atoms with E-state index in [0.717, 1.165) is 19.3 Å². The minimum absolute atomic E-state index is 0.0597. The van der Waals surface area contributed by atoms with Crippen LogP contribution in [-0.4, -0.2) is 104 Å². The third-order valence-electron chi connectivity index (χ3n) is 10.2. The average Bonchev–Trinajstić information content (AvgIpc) is 3.84. The molecule has 54 heavy (non-hydrogen) atoms. The molecule has 2 aromatic carbocycles. The van der Waals surface area contributed by atoms with Gasteiger partial charge in [-0.2, -0.15) is 0 Å². The van der Waals surface area contributed by atoms with Gasteiger partial charge in [0.25, 0.3) is 0 Å². The smallest absolute Gasteiger partial charge is 0.336 e. The summed E-state index contributed by atoms with van der Waals surface area (Å²) in [6.07, 6.45) is -5.38. The molecule has 0 spiro atoms. The van der Waals surface area contributed by atoms with Gasteiger partial charge in [-0.25, -0.2) is 4.79 Å². The summed E-state index contributed by atoms with van der Waals surface area (Å²) in [5.41, 5.74) is 3.51. The summed E-state index contributed by atoms with van der Waals surface area (Å²) in [5.74, 6) is -1.76. The highest BCUT2D eigenvalue weighted by atomic mass is 16.7. The monoisotopic (exact) mass is 752 g/mol. The van der Waals surface area contributed by atoms with Crippen LogP contribution in [0.2, 0.25) is 0 Å². The van der Waals surface area contributed by atoms with Gasteiger partial charge in [0.05, 0.1) is 6.10 Å². The molecule has 4 heterocycles. The van der Waals surface area contributed by atoms with Crippen molar-refractivity contribution in [2.24, 2.45) is 0 Å². The number of fused-ring (bicyclic) bond motifs is 1. The number of aliphatic hydroxyl groups excluding tert-OH is 3. The predicted octanol–water partition coefficient (Wildman–Crippen LogP) is 1.45. The first-order chi connectivity index (χ1) is 25.9. The lowest BCUT2D eigenvalue weighted by molar-refractivity contribution is -0.307. The number of hydrogen-bond acceptors (Lipinski definition) is 15. The standard InChI is InChI=1S/C37H44N4O13/c38-28-11-10-22(41-28)24(43)16-50-20-8-6-18(7-9-20)25-12-23(42)29-26(52-25)13-27(32(30(29)44)51-21-4-2-1-3-5-21)53-36-31(45)33(46)37(49,34(54-36)35(47)48)14-19-15-39-17-40-19/h6-13,19,21,24,31,33-34,36,39-41,43-46,49H,1-5,14-17,38H2,(H,47,48)/t19-,24+,31-,33+,34-,36-,37+/m1/s1. The van der Waals surface area contributed by atoms with Crippen molar-refractivity contribution in [2.45, 2.75) is 87.0 Å². The van der Waals surface area contributed by atoms with E-state index in [9.17, 15) is 40.2 Å². The van der Waals surface area contributed by atoms with Crippen LogP contribution in [0.4, 0.5) is 5.82 Å². The highest BCUT2D eigenvalue weighted by molar-refractivity contribution is 5.89. The van der Waals surface area contributed by atoms with Crippen molar-refractivity contribution in [1.82, 2.24) is 15.6 Å². The number of rotatable bonds is 12. The van der Waals surface area contributed by atoms with E-state index in [4.69, 9.17) is 29.1 Å². The minimum atomic E-state index is -2.40. The maximum absolute atomic E-state index is 13.6. The van der Waals surface area contributed by atoms with Crippen LogP contribution in [-0.2, 0) is 9.53 Å². The van der Waals surface area contributed by atoms with Gasteiger partial charge < -0.3 is 75.4 Å². The number of carboxylic acid groups (broad SMARTS) is 1. The molecular formula is C37H44N4O13. The Bertz CT molecular complexity index is 2010. The van der Waals surface area contributed by atoms with Crippen LogP contribution in [0.1, 0.15) is 50.3 Å². The van der Waals surface area contributed by atoms with E-state index in [1.165, 1.54) is 12.1 Å². The summed E-state index contributed by atoms with van der Waals surface area (Å²) < 4.78 is 29.7. The molecular weight excluding hydrogens is 708 g/mol. The number of aromatic nitrogens is 1. The van der Waals surface area contributed by atoms with Crippen molar-refractivity contribution in [2.75, 3.05) is 25.6 Å². The molecule has 2 aliphatic heterocycles. The molecule has 1 aliphatic carbocycles. The topological polar surface area (TPSA) is 271 Å². The Balaban J connectivity index is 1.19. The second kappa shape index (κ2) is 15.5. The summed E-state index contributed by atoms with van der Waals surface area (Å²) in [6.45, 7) is 0.735. The van der Waals surface area contributed by atoms with Crippen LogP contribution in [0.3, 0.4) is 0 Å². The molecule has 7 rings (SSSR count). The SMILES string of the molecule is Nc1ccc([C@@H](O)COc2ccc(-c3cc(=O)c4c(O)c(OC5CCCCC5)c(O[C@@H]5O[C@H](C(=O)O)[C@](O)(C[C@@H]6CNCN6)[C@@H](O)[C@H]5O)cc4o3)cc2)[nH]1. The maximum atomic E-state index is 13.6. The van der Waals surface area contributed by atoms with E-state index < -0.39 is 59.5 Å². The molecule has 17 nitrogen and oxygen atoms in total. The molecule has 0 bridgehead atoms. The molecule has 0 amide bonds. The number of phenolic OH excluding ortho intramolecular Hbond substituents is 1. The second-order valence-corrected chi connectivity index (χ2v) is 14.0. The zero-order chi connectivity index (χ0) is 38.1. The van der Waals surface area contributed by atoms with Gasteiger partial charge in [-0.3, -0.25) is 4.79 Å². The number of nitrogens with one attached hydrogen (secondary N) is 3. The number of nitrogen functional groups attached to an aromatic ring is 1. The predicted molar refractivity (Wildman–Crippen MR) is 191 cm³/mol. The zero-order valence-corrected chi connectivity index (χ0v) is 29.1. The van der Waals surface area contributed by atoms with E-state index in [-0.39, 0.29) is 47.4 Å². The number of H-pyrrole nitrogens is 1. The quantitative estimate of drug-likeness (QED) is 0.0981. The van der Waals surface area contributed by atoms with Crippen molar-refractivity contribution in [3.63, 3.8) is 0 Å². The Kier molecular flexibility index (Phi) is 10.7. The van der Waals surface area contributed by atoms with Gasteiger partial charge in [0.1, 0.15) is 58.8 Å².